The SMILES string of the molecule is c1cc(N2CCCC2)n2cc([C@@H]3CN(Cc4ccoc4)CCN3CC3CC3)nc2c1. The minimum Gasteiger partial charge on any atom is -0.472 e. The van der Waals surface area contributed by atoms with Gasteiger partial charge in [-0.2, -0.15) is 0 Å². The van der Waals surface area contributed by atoms with E-state index in [0.29, 0.717) is 6.04 Å². The molecule has 6 heteroatoms. The van der Waals surface area contributed by atoms with Crippen LogP contribution >= 0.6 is 0 Å². The Morgan fingerprint density at radius 1 is 1.03 bits per heavy atom. The first kappa shape index (κ1) is 18.5. The minimum atomic E-state index is 0.359. The van der Waals surface area contributed by atoms with Crippen molar-refractivity contribution in [1.29, 1.82) is 0 Å². The lowest BCUT2D eigenvalue weighted by molar-refractivity contribution is 0.0639. The summed E-state index contributed by atoms with van der Waals surface area (Å²) < 4.78 is 7.62. The Labute approximate surface area is 178 Å². The first-order chi connectivity index (χ1) is 14.8. The maximum Gasteiger partial charge on any atom is 0.138 e. The van der Waals surface area contributed by atoms with E-state index < -0.39 is 0 Å². The molecule has 6 nitrogen and oxygen atoms in total. The Balaban J connectivity index is 1.30. The van der Waals surface area contributed by atoms with Crippen LogP contribution in [0.1, 0.15) is 43.0 Å². The van der Waals surface area contributed by atoms with Gasteiger partial charge in [-0.15, -0.1) is 0 Å². The van der Waals surface area contributed by atoms with Gasteiger partial charge in [-0.25, -0.2) is 4.98 Å². The fourth-order valence-electron chi connectivity index (χ4n) is 5.17. The molecule has 0 unspecified atom stereocenters. The maximum atomic E-state index is 5.29. The van der Waals surface area contributed by atoms with Crippen LogP contribution in [0.3, 0.4) is 0 Å². The highest BCUT2D eigenvalue weighted by Crippen LogP contribution is 2.35. The van der Waals surface area contributed by atoms with Gasteiger partial charge >= 0.3 is 0 Å². The third-order valence-corrected chi connectivity index (χ3v) is 7.01. The van der Waals surface area contributed by atoms with Crippen LogP contribution in [-0.4, -0.2) is 58.5 Å². The van der Waals surface area contributed by atoms with Gasteiger partial charge in [0.25, 0.3) is 0 Å². The molecule has 3 fully saturated rings. The van der Waals surface area contributed by atoms with E-state index in [1.807, 2.05) is 6.26 Å². The highest BCUT2D eigenvalue weighted by molar-refractivity contribution is 5.53. The van der Waals surface area contributed by atoms with Crippen molar-refractivity contribution in [3.63, 3.8) is 0 Å². The zero-order chi connectivity index (χ0) is 19.9. The second-order valence-electron chi connectivity index (χ2n) is 9.29. The predicted molar refractivity (Wildman–Crippen MR) is 118 cm³/mol. The maximum absolute atomic E-state index is 5.29. The summed E-state index contributed by atoms with van der Waals surface area (Å²) in [7, 11) is 0. The Morgan fingerprint density at radius 2 is 1.93 bits per heavy atom. The number of fused-ring (bicyclic) bond motifs is 1. The van der Waals surface area contributed by atoms with Gasteiger partial charge in [0.2, 0.25) is 0 Å². The van der Waals surface area contributed by atoms with Crippen molar-refractivity contribution in [2.45, 2.75) is 38.3 Å². The van der Waals surface area contributed by atoms with Crippen molar-refractivity contribution in [2.75, 3.05) is 44.2 Å². The molecule has 30 heavy (non-hydrogen) atoms. The number of aromatic nitrogens is 2. The number of rotatable bonds is 6. The van der Waals surface area contributed by atoms with E-state index >= 15 is 0 Å². The van der Waals surface area contributed by atoms with Crippen LogP contribution < -0.4 is 4.90 Å². The van der Waals surface area contributed by atoms with Crippen molar-refractivity contribution in [2.24, 2.45) is 5.92 Å². The normalized spacial score (nSPS) is 23.6. The van der Waals surface area contributed by atoms with E-state index in [2.05, 4.69) is 49.6 Å². The van der Waals surface area contributed by atoms with E-state index in [1.54, 1.807) is 6.26 Å². The van der Waals surface area contributed by atoms with Gasteiger partial charge in [-0.1, -0.05) is 6.07 Å². The van der Waals surface area contributed by atoms with Crippen LogP contribution in [0.2, 0.25) is 0 Å². The second kappa shape index (κ2) is 7.75. The average molecular weight is 406 g/mol. The van der Waals surface area contributed by atoms with E-state index in [9.17, 15) is 0 Å². The van der Waals surface area contributed by atoms with Crippen LogP contribution in [0.5, 0.6) is 0 Å². The third-order valence-electron chi connectivity index (χ3n) is 7.01. The van der Waals surface area contributed by atoms with Gasteiger partial charge < -0.3 is 9.32 Å². The van der Waals surface area contributed by atoms with Crippen molar-refractivity contribution < 1.29 is 4.42 Å². The van der Waals surface area contributed by atoms with E-state index in [0.717, 1.165) is 50.8 Å². The van der Waals surface area contributed by atoms with Gasteiger partial charge in [-0.05, 0) is 49.8 Å². The Bertz CT molecular complexity index is 986. The van der Waals surface area contributed by atoms with Crippen LogP contribution in [0, 0.1) is 5.92 Å². The van der Waals surface area contributed by atoms with E-state index in [-0.39, 0.29) is 0 Å². The van der Waals surface area contributed by atoms with Crippen molar-refractivity contribution >= 4 is 11.5 Å². The summed E-state index contributed by atoms with van der Waals surface area (Å²) in [6, 6.07) is 9.00. The van der Waals surface area contributed by atoms with Crippen LogP contribution in [0.4, 0.5) is 5.82 Å². The summed E-state index contributed by atoms with van der Waals surface area (Å²) in [5, 5.41) is 0. The topological polar surface area (TPSA) is 40.2 Å². The lowest BCUT2D eigenvalue weighted by Crippen LogP contribution is -2.48. The molecule has 0 aromatic carbocycles. The lowest BCUT2D eigenvalue weighted by atomic mass is 10.1. The summed E-state index contributed by atoms with van der Waals surface area (Å²) in [4.78, 5) is 12.9. The molecule has 3 aromatic heterocycles. The first-order valence-corrected chi connectivity index (χ1v) is 11.5. The standard InChI is InChI=1S/C24H31N5O/c1-2-10-27(9-1)24-5-3-4-23-25-21(16-29(23)24)22-17-26(14-20-8-13-30-18-20)11-12-28(22)15-19-6-7-19/h3-5,8,13,16,18-19,22H,1-2,6-7,9-12,14-15,17H2/t22-/m0/s1. The molecule has 6 rings (SSSR count). The molecular formula is C24H31N5O. The minimum absolute atomic E-state index is 0.359. The first-order valence-electron chi connectivity index (χ1n) is 11.5. The zero-order valence-electron chi connectivity index (χ0n) is 17.6. The predicted octanol–water partition coefficient (Wildman–Crippen LogP) is 3.80. The molecule has 0 bridgehead atoms. The highest BCUT2D eigenvalue weighted by atomic mass is 16.3. The quantitative estimate of drug-likeness (QED) is 0.624. The molecule has 1 atom stereocenters. The molecule has 1 aliphatic carbocycles. The number of hydrogen-bond acceptors (Lipinski definition) is 5. The number of imidazole rings is 1. The summed E-state index contributed by atoms with van der Waals surface area (Å²) in [5.41, 5.74) is 3.56. The van der Waals surface area contributed by atoms with Crippen LogP contribution in [0.25, 0.3) is 5.65 Å². The smallest absolute Gasteiger partial charge is 0.138 e. The molecule has 1 saturated carbocycles. The molecule has 158 valence electrons. The van der Waals surface area contributed by atoms with Crippen molar-refractivity contribution in [3.8, 4) is 0 Å². The molecule has 0 amide bonds. The number of anilines is 1. The largest absolute Gasteiger partial charge is 0.472 e. The van der Waals surface area contributed by atoms with Gasteiger partial charge in [0, 0.05) is 57.6 Å². The Hall–Kier alpha value is -2.31. The summed E-state index contributed by atoms with van der Waals surface area (Å²) >= 11 is 0. The van der Waals surface area contributed by atoms with Gasteiger partial charge in [0.05, 0.1) is 24.3 Å². The van der Waals surface area contributed by atoms with Crippen molar-refractivity contribution in [3.05, 3.63) is 54.2 Å². The van der Waals surface area contributed by atoms with E-state index in [4.69, 9.17) is 9.40 Å². The highest BCUT2D eigenvalue weighted by Gasteiger charge is 2.34. The van der Waals surface area contributed by atoms with Gasteiger partial charge in [0.1, 0.15) is 11.5 Å². The molecule has 5 heterocycles. The number of furan rings is 1. The summed E-state index contributed by atoms with van der Waals surface area (Å²) in [6.07, 6.45) is 11.3. The third kappa shape index (κ3) is 3.63. The zero-order valence-corrected chi connectivity index (χ0v) is 17.6. The number of pyridine rings is 1. The average Bonchev–Trinajstić information content (AvgIpc) is 3.21. The molecule has 0 spiro atoms. The Morgan fingerprint density at radius 3 is 2.73 bits per heavy atom. The molecule has 0 radical (unpaired) electrons. The molecule has 3 aliphatic rings. The van der Waals surface area contributed by atoms with Gasteiger partial charge in [-0.3, -0.25) is 14.2 Å². The molecular weight excluding hydrogens is 374 g/mol. The van der Waals surface area contributed by atoms with Crippen LogP contribution in [-0.2, 0) is 6.54 Å². The van der Waals surface area contributed by atoms with Crippen LogP contribution in [0.15, 0.2) is 47.4 Å². The number of piperazine rings is 1. The van der Waals surface area contributed by atoms with Gasteiger partial charge in [0.15, 0.2) is 0 Å². The van der Waals surface area contributed by atoms with Crippen molar-refractivity contribution in [1.82, 2.24) is 19.2 Å². The molecule has 0 N–H and O–H groups in total. The summed E-state index contributed by atoms with van der Waals surface area (Å²) in [6.45, 7) is 7.74. The van der Waals surface area contributed by atoms with E-state index in [1.165, 1.54) is 49.3 Å². The monoisotopic (exact) mass is 405 g/mol. The lowest BCUT2D eigenvalue weighted by Gasteiger charge is -2.40. The molecule has 2 aliphatic heterocycles. The fourth-order valence-corrected chi connectivity index (χ4v) is 5.17. The summed E-state index contributed by atoms with van der Waals surface area (Å²) in [5.74, 6) is 2.19. The fraction of sp³-hybridized carbons (Fsp3) is 0.542. The second-order valence-corrected chi connectivity index (χ2v) is 9.29. The molecule has 3 aromatic rings. The number of hydrogen-bond donors (Lipinski definition) is 0. The number of nitrogens with zero attached hydrogens (tertiary/aromatic N) is 5. The molecule has 2 saturated heterocycles. The Kier molecular flexibility index (Phi) is 4.77.